The van der Waals surface area contributed by atoms with Gasteiger partial charge in [0.2, 0.25) is 0 Å². The molecule has 1 unspecified atom stereocenters. The van der Waals surface area contributed by atoms with E-state index in [9.17, 15) is 5.26 Å². The molecule has 1 aromatic carbocycles. The maximum absolute atomic E-state index is 9.47. The number of hydrogen-bond acceptors (Lipinski definition) is 4. The summed E-state index contributed by atoms with van der Waals surface area (Å²) in [7, 11) is 0. The van der Waals surface area contributed by atoms with Crippen LogP contribution in [-0.2, 0) is 0 Å². The lowest BCUT2D eigenvalue weighted by molar-refractivity contribution is 1.10. The van der Waals surface area contributed by atoms with E-state index in [2.05, 4.69) is 4.98 Å². The van der Waals surface area contributed by atoms with Crippen molar-refractivity contribution in [2.45, 2.75) is 5.25 Å². The van der Waals surface area contributed by atoms with Gasteiger partial charge in [-0.3, -0.25) is 4.57 Å². The van der Waals surface area contributed by atoms with Gasteiger partial charge in [-0.25, -0.2) is 4.98 Å². The minimum absolute atomic E-state index is 0.106. The average Bonchev–Trinajstić information content (AvgIpc) is 3.09. The topological polar surface area (TPSA) is 41.6 Å². The molecular weight excluding hydrogens is 310 g/mol. The summed E-state index contributed by atoms with van der Waals surface area (Å²) in [6.45, 7) is 0. The van der Waals surface area contributed by atoms with Gasteiger partial charge < -0.3 is 0 Å². The number of nitrogens with zero attached hydrogens (tertiary/aromatic N) is 3. The number of benzene rings is 1. The largest absolute Gasteiger partial charge is 0.296 e. The predicted molar refractivity (Wildman–Crippen MR) is 85.3 cm³/mol. The fourth-order valence-corrected chi connectivity index (χ4v) is 5.06. The number of thioether (sulfide) groups is 2. The number of halogens is 1. The van der Waals surface area contributed by atoms with Gasteiger partial charge in [0.25, 0.3) is 0 Å². The van der Waals surface area contributed by atoms with Crippen molar-refractivity contribution in [2.75, 3.05) is 5.75 Å². The fourth-order valence-electron chi connectivity index (χ4n) is 1.83. The third kappa shape index (κ3) is 2.59. The van der Waals surface area contributed by atoms with E-state index < -0.39 is 0 Å². The van der Waals surface area contributed by atoms with E-state index in [1.165, 1.54) is 23.5 Å². The Morgan fingerprint density at radius 3 is 3.10 bits per heavy atom. The van der Waals surface area contributed by atoms with Gasteiger partial charge in [0.15, 0.2) is 0 Å². The van der Waals surface area contributed by atoms with E-state index in [4.69, 9.17) is 15.7 Å². The third-order valence-electron chi connectivity index (χ3n) is 2.76. The SMILES string of the molecule is [2H]c1nc([2H])n(/C(C#N)=C2\SCC(c3ccccc3Cl)S2)c1[2H]. The van der Waals surface area contributed by atoms with Gasteiger partial charge in [0.05, 0.1) is 13.3 Å². The van der Waals surface area contributed by atoms with Gasteiger partial charge in [0, 0.05) is 28.4 Å². The number of imidazole rings is 1. The molecule has 100 valence electrons. The Kier molecular flexibility index (Phi) is 3.10. The third-order valence-corrected chi connectivity index (χ3v) is 6.02. The molecule has 6 heteroatoms. The van der Waals surface area contributed by atoms with Crippen LogP contribution >= 0.6 is 35.1 Å². The normalized spacial score (nSPS) is 22.8. The minimum atomic E-state index is -0.306. The maximum Gasteiger partial charge on any atom is 0.145 e. The first-order chi connectivity index (χ1) is 11.0. The highest BCUT2D eigenvalue weighted by molar-refractivity contribution is 8.25. The first kappa shape index (κ1) is 10.4. The van der Waals surface area contributed by atoms with Crippen LogP contribution in [0.4, 0.5) is 0 Å². The van der Waals surface area contributed by atoms with E-state index in [1.54, 1.807) is 0 Å². The van der Waals surface area contributed by atoms with E-state index in [-0.39, 0.29) is 29.6 Å². The Hall–Kier alpha value is -1.35. The van der Waals surface area contributed by atoms with Crippen molar-refractivity contribution < 1.29 is 4.11 Å². The predicted octanol–water partition coefficient (Wildman–Crippen LogP) is 4.41. The van der Waals surface area contributed by atoms with Crippen molar-refractivity contribution in [2.24, 2.45) is 0 Å². The molecule has 1 aliphatic heterocycles. The van der Waals surface area contributed by atoms with Gasteiger partial charge in [-0.05, 0) is 11.6 Å². The van der Waals surface area contributed by atoms with E-state index in [0.29, 0.717) is 5.02 Å². The van der Waals surface area contributed by atoms with E-state index in [0.717, 1.165) is 20.1 Å². The van der Waals surface area contributed by atoms with Crippen LogP contribution in [0.15, 0.2) is 47.2 Å². The highest BCUT2D eigenvalue weighted by Crippen LogP contribution is 2.53. The van der Waals surface area contributed by atoms with Crippen LogP contribution in [0.2, 0.25) is 5.02 Å². The second-order valence-electron chi connectivity index (χ2n) is 3.96. The number of nitriles is 1. The summed E-state index contributed by atoms with van der Waals surface area (Å²) in [6, 6.07) is 9.63. The Bertz CT molecular complexity index is 844. The number of aromatic nitrogens is 2. The lowest BCUT2D eigenvalue weighted by atomic mass is 10.2. The molecule has 0 radical (unpaired) electrons. The quantitative estimate of drug-likeness (QED) is 0.768. The molecule has 1 fully saturated rings. The molecule has 0 amide bonds. The van der Waals surface area contributed by atoms with Gasteiger partial charge in [-0.15, -0.1) is 23.5 Å². The molecule has 20 heavy (non-hydrogen) atoms. The Morgan fingerprint density at radius 2 is 2.40 bits per heavy atom. The van der Waals surface area contributed by atoms with E-state index >= 15 is 0 Å². The van der Waals surface area contributed by atoms with Crippen molar-refractivity contribution in [1.29, 1.82) is 5.26 Å². The van der Waals surface area contributed by atoms with Crippen molar-refractivity contribution in [3.05, 3.63) is 57.7 Å². The van der Waals surface area contributed by atoms with Gasteiger partial charge in [-0.2, -0.15) is 5.26 Å². The second kappa shape index (κ2) is 5.96. The molecule has 2 heterocycles. The molecule has 1 atom stereocenters. The zero-order valence-electron chi connectivity index (χ0n) is 13.1. The molecule has 1 aliphatic rings. The Morgan fingerprint density at radius 1 is 1.55 bits per heavy atom. The molecule has 1 saturated heterocycles. The first-order valence-corrected chi connectivity index (χ1v) is 7.98. The smallest absolute Gasteiger partial charge is 0.145 e. The van der Waals surface area contributed by atoms with Crippen molar-refractivity contribution in [3.8, 4) is 6.07 Å². The Labute approximate surface area is 134 Å². The first-order valence-electron chi connectivity index (χ1n) is 7.24. The molecule has 3 nitrogen and oxygen atoms in total. The maximum atomic E-state index is 9.47. The van der Waals surface area contributed by atoms with Gasteiger partial charge >= 0.3 is 0 Å². The number of rotatable bonds is 2. The fraction of sp³-hybridized carbons (Fsp3) is 0.143. The Balaban J connectivity index is 1.99. The molecule has 0 saturated carbocycles. The van der Waals surface area contributed by atoms with Crippen LogP contribution in [0.1, 0.15) is 14.9 Å². The highest BCUT2D eigenvalue weighted by atomic mass is 35.5. The summed E-state index contributed by atoms with van der Waals surface area (Å²) < 4.78 is 24.9. The summed E-state index contributed by atoms with van der Waals surface area (Å²) in [5.74, 6) is 0.748. The van der Waals surface area contributed by atoms with Gasteiger partial charge in [-0.1, -0.05) is 29.8 Å². The minimum Gasteiger partial charge on any atom is -0.296 e. The van der Waals surface area contributed by atoms with Crippen molar-refractivity contribution in [3.63, 3.8) is 0 Å². The lowest BCUT2D eigenvalue weighted by Gasteiger charge is -2.09. The molecule has 1 aromatic heterocycles. The molecule has 0 spiro atoms. The van der Waals surface area contributed by atoms with Crippen LogP contribution < -0.4 is 0 Å². The van der Waals surface area contributed by atoms with Crippen LogP contribution in [0.3, 0.4) is 0 Å². The summed E-state index contributed by atoms with van der Waals surface area (Å²) in [5.41, 5.74) is 1.18. The van der Waals surface area contributed by atoms with Crippen LogP contribution in [0.25, 0.3) is 5.70 Å². The molecule has 3 rings (SSSR count). The molecular formula is C14H10ClN3S2. The van der Waals surface area contributed by atoms with Crippen LogP contribution in [0, 0.1) is 11.3 Å². The number of allylic oxidation sites excluding steroid dienone is 1. The number of hydrogen-bond donors (Lipinski definition) is 0. The monoisotopic (exact) mass is 322 g/mol. The summed E-state index contributed by atoms with van der Waals surface area (Å²) >= 11 is 9.22. The van der Waals surface area contributed by atoms with Crippen molar-refractivity contribution in [1.82, 2.24) is 9.55 Å². The molecule has 0 bridgehead atoms. The zero-order chi connectivity index (χ0) is 16.6. The summed E-state index contributed by atoms with van der Waals surface area (Å²) in [6.07, 6.45) is -0.827. The van der Waals surface area contributed by atoms with E-state index in [1.807, 2.05) is 30.3 Å². The molecule has 0 N–H and O–H groups in total. The lowest BCUT2D eigenvalue weighted by Crippen LogP contribution is -1.93. The highest BCUT2D eigenvalue weighted by Gasteiger charge is 2.27. The summed E-state index contributed by atoms with van der Waals surface area (Å²) in [4.78, 5) is 3.63. The van der Waals surface area contributed by atoms with Crippen molar-refractivity contribution >= 4 is 40.8 Å². The second-order valence-corrected chi connectivity index (χ2v) is 6.87. The summed E-state index contributed by atoms with van der Waals surface area (Å²) in [5, 5.41) is 10.3. The average molecular weight is 323 g/mol. The molecule has 2 aromatic rings. The molecule has 0 aliphatic carbocycles. The zero-order valence-corrected chi connectivity index (χ0v) is 12.5. The van der Waals surface area contributed by atoms with Crippen LogP contribution in [0.5, 0.6) is 0 Å². The standard InChI is InChI=1S/C14H10ClN3S2/c15-11-4-2-1-3-10(11)13-8-19-14(20-13)12(7-16)18-6-5-17-9-18/h1-6,9,13H,8H2/b14-12+/i5D,6D,9D. The van der Waals surface area contributed by atoms with Crippen LogP contribution in [-0.4, -0.2) is 15.3 Å². The van der Waals surface area contributed by atoms with Gasteiger partial charge in [0.1, 0.15) is 13.1 Å².